The molecule has 0 unspecified atom stereocenters. The normalized spacial score (nSPS) is 13.4. The summed E-state index contributed by atoms with van der Waals surface area (Å²) in [6.45, 7) is 4.67. The van der Waals surface area contributed by atoms with Crippen LogP contribution in [0.1, 0.15) is 25.0 Å². The molecule has 1 aliphatic carbocycles. The van der Waals surface area contributed by atoms with Crippen LogP contribution in [0.5, 0.6) is 0 Å². The Morgan fingerprint density at radius 2 is 1.02 bits per heavy atom. The average Bonchev–Trinajstić information content (AvgIpc) is 3.58. The Balaban J connectivity index is 1.28. The molecule has 1 aliphatic rings. The molecule has 0 radical (unpaired) electrons. The van der Waals surface area contributed by atoms with E-state index in [1.807, 2.05) is 0 Å². The van der Waals surface area contributed by atoms with E-state index < -0.39 is 0 Å². The second kappa shape index (κ2) is 9.93. The molecule has 4 heteroatoms. The number of para-hydroxylation sites is 1. The zero-order valence-electron chi connectivity index (χ0n) is 26.6. The van der Waals surface area contributed by atoms with Crippen LogP contribution in [0.4, 0.5) is 0 Å². The molecule has 0 saturated heterocycles. The average molecular weight is 615 g/mol. The van der Waals surface area contributed by atoms with Gasteiger partial charge in [-0.3, -0.25) is 4.57 Å². The first-order valence-electron chi connectivity index (χ1n) is 16.5. The van der Waals surface area contributed by atoms with Crippen LogP contribution in [-0.4, -0.2) is 19.5 Å². The van der Waals surface area contributed by atoms with Gasteiger partial charge in [-0.2, -0.15) is 9.97 Å². The number of nitrogens with zero attached hydrogens (tertiary/aromatic N) is 4. The molecule has 7 aromatic carbocycles. The van der Waals surface area contributed by atoms with E-state index in [0.29, 0.717) is 17.6 Å². The third kappa shape index (κ3) is 3.93. The zero-order chi connectivity index (χ0) is 32.0. The highest BCUT2D eigenvalue weighted by atomic mass is 15.2. The van der Waals surface area contributed by atoms with E-state index >= 15 is 0 Å². The maximum Gasteiger partial charge on any atom is 0.238 e. The molecule has 0 atom stereocenters. The van der Waals surface area contributed by atoms with E-state index in [0.717, 1.165) is 32.9 Å². The van der Waals surface area contributed by atoms with Crippen LogP contribution in [0.15, 0.2) is 146 Å². The summed E-state index contributed by atoms with van der Waals surface area (Å²) in [6.07, 6.45) is 0. The molecule has 0 spiro atoms. The first-order chi connectivity index (χ1) is 23.5. The van der Waals surface area contributed by atoms with Crippen LogP contribution in [0.2, 0.25) is 0 Å². The topological polar surface area (TPSA) is 43.6 Å². The van der Waals surface area contributed by atoms with Gasteiger partial charge in [0.2, 0.25) is 5.95 Å². The van der Waals surface area contributed by atoms with Gasteiger partial charge in [-0.15, -0.1) is 0 Å². The summed E-state index contributed by atoms with van der Waals surface area (Å²) in [7, 11) is 0. The maximum atomic E-state index is 5.25. The van der Waals surface area contributed by atoms with Crippen molar-refractivity contribution >= 4 is 43.4 Å². The Kier molecular flexibility index (Phi) is 5.59. The lowest BCUT2D eigenvalue weighted by Crippen LogP contribution is -2.14. The van der Waals surface area contributed by atoms with Gasteiger partial charge in [0, 0.05) is 27.3 Å². The molecule has 2 aromatic heterocycles. The highest BCUT2D eigenvalue weighted by Crippen LogP contribution is 2.50. The third-order valence-corrected chi connectivity index (χ3v) is 10.2. The van der Waals surface area contributed by atoms with Crippen molar-refractivity contribution in [1.82, 2.24) is 19.5 Å². The SMILES string of the molecule is CC1(C)c2ccccc2-c2cc3c(cc21)c1ccccc1n3-c1nc(-c2ccc3ccccc3c2)nc(-c2ccc3ccccc3c2)n1. The van der Waals surface area contributed by atoms with E-state index in [4.69, 9.17) is 15.0 Å². The summed E-state index contributed by atoms with van der Waals surface area (Å²) in [5, 5.41) is 7.05. The molecule has 10 rings (SSSR count). The minimum atomic E-state index is -0.0943. The quantitative estimate of drug-likeness (QED) is 0.199. The molecule has 48 heavy (non-hydrogen) atoms. The zero-order valence-corrected chi connectivity index (χ0v) is 26.6. The van der Waals surface area contributed by atoms with Crippen LogP contribution < -0.4 is 0 Å². The van der Waals surface area contributed by atoms with Gasteiger partial charge >= 0.3 is 0 Å². The molecule has 0 fully saturated rings. The van der Waals surface area contributed by atoms with Crippen LogP contribution in [0.3, 0.4) is 0 Å². The van der Waals surface area contributed by atoms with Crippen molar-refractivity contribution in [2.45, 2.75) is 19.3 Å². The van der Waals surface area contributed by atoms with Crippen molar-refractivity contribution in [3.8, 4) is 39.9 Å². The van der Waals surface area contributed by atoms with E-state index in [9.17, 15) is 0 Å². The first kappa shape index (κ1) is 27.0. The summed E-state index contributed by atoms with van der Waals surface area (Å²) < 4.78 is 2.23. The van der Waals surface area contributed by atoms with Crippen molar-refractivity contribution < 1.29 is 0 Å². The van der Waals surface area contributed by atoms with Gasteiger partial charge in [-0.1, -0.05) is 129 Å². The Bertz CT molecular complexity index is 2670. The molecule has 4 nitrogen and oxygen atoms in total. The summed E-state index contributed by atoms with van der Waals surface area (Å²) in [5.74, 6) is 1.90. The molecule has 226 valence electrons. The van der Waals surface area contributed by atoms with Gasteiger partial charge in [0.05, 0.1) is 11.0 Å². The molecular weight excluding hydrogens is 585 g/mol. The molecule has 0 aliphatic heterocycles. The number of benzene rings is 7. The predicted octanol–water partition coefficient (Wildman–Crippen LogP) is 10.9. The number of hydrogen-bond acceptors (Lipinski definition) is 3. The molecule has 0 N–H and O–H groups in total. The monoisotopic (exact) mass is 614 g/mol. The highest BCUT2D eigenvalue weighted by Gasteiger charge is 2.36. The number of rotatable bonds is 3. The van der Waals surface area contributed by atoms with E-state index in [1.165, 1.54) is 43.8 Å². The summed E-state index contributed by atoms with van der Waals surface area (Å²) in [4.78, 5) is 15.6. The fraction of sp³-hybridized carbons (Fsp3) is 0.0682. The summed E-state index contributed by atoms with van der Waals surface area (Å²) >= 11 is 0. The second-order valence-corrected chi connectivity index (χ2v) is 13.3. The van der Waals surface area contributed by atoms with Crippen LogP contribution in [0.25, 0.3) is 83.2 Å². The van der Waals surface area contributed by atoms with Crippen molar-refractivity contribution in [2.75, 3.05) is 0 Å². The van der Waals surface area contributed by atoms with Gasteiger partial charge < -0.3 is 0 Å². The summed E-state index contributed by atoms with van der Waals surface area (Å²) in [5.41, 5.74) is 9.25. The third-order valence-electron chi connectivity index (χ3n) is 10.2. The maximum absolute atomic E-state index is 5.25. The van der Waals surface area contributed by atoms with Crippen LogP contribution in [-0.2, 0) is 5.41 Å². The van der Waals surface area contributed by atoms with Crippen molar-refractivity contribution in [3.05, 3.63) is 157 Å². The van der Waals surface area contributed by atoms with Gasteiger partial charge in [0.25, 0.3) is 0 Å². The van der Waals surface area contributed by atoms with E-state index in [-0.39, 0.29) is 5.41 Å². The molecular formula is C44H30N4. The van der Waals surface area contributed by atoms with Gasteiger partial charge in [-0.25, -0.2) is 4.98 Å². The van der Waals surface area contributed by atoms with Crippen molar-refractivity contribution in [2.24, 2.45) is 0 Å². The Morgan fingerprint density at radius 1 is 0.438 bits per heavy atom. The lowest BCUT2D eigenvalue weighted by Gasteiger charge is -2.21. The molecule has 0 amide bonds. The standard InChI is InChI=1S/C44H30N4/c1-44(2)37-17-9-7-15-33(37)35-26-40-36(25-38(35)44)34-16-8-10-18-39(34)48(40)43-46-41(31-21-19-27-11-3-5-13-29(27)23-31)45-42(47-43)32-22-20-28-12-4-6-14-30(28)24-32/h3-26H,1-2H3. The Morgan fingerprint density at radius 3 is 1.71 bits per heavy atom. The summed E-state index contributed by atoms with van der Waals surface area (Å²) in [6, 6.07) is 51.9. The van der Waals surface area contributed by atoms with Crippen LogP contribution >= 0.6 is 0 Å². The van der Waals surface area contributed by atoms with E-state index in [1.54, 1.807) is 0 Å². The second-order valence-electron chi connectivity index (χ2n) is 13.3. The number of fused-ring (bicyclic) bond motifs is 8. The first-order valence-corrected chi connectivity index (χ1v) is 16.5. The minimum Gasteiger partial charge on any atom is -0.278 e. The van der Waals surface area contributed by atoms with Crippen molar-refractivity contribution in [1.29, 1.82) is 0 Å². The minimum absolute atomic E-state index is 0.0943. The largest absolute Gasteiger partial charge is 0.278 e. The molecule has 0 saturated carbocycles. The van der Waals surface area contributed by atoms with Crippen LogP contribution in [0, 0.1) is 0 Å². The van der Waals surface area contributed by atoms with Gasteiger partial charge in [0.15, 0.2) is 11.6 Å². The van der Waals surface area contributed by atoms with Gasteiger partial charge in [0.1, 0.15) is 0 Å². The molecule has 9 aromatic rings. The predicted molar refractivity (Wildman–Crippen MR) is 198 cm³/mol. The Labute approximate surface area is 278 Å². The van der Waals surface area contributed by atoms with Crippen molar-refractivity contribution in [3.63, 3.8) is 0 Å². The lowest BCUT2D eigenvalue weighted by molar-refractivity contribution is 0.661. The fourth-order valence-corrected chi connectivity index (χ4v) is 7.76. The van der Waals surface area contributed by atoms with Gasteiger partial charge in [-0.05, 0) is 74.1 Å². The number of aromatic nitrogens is 4. The Hall–Kier alpha value is -6.13. The lowest BCUT2D eigenvalue weighted by atomic mass is 9.82. The number of hydrogen-bond donors (Lipinski definition) is 0. The molecule has 0 bridgehead atoms. The van der Waals surface area contributed by atoms with E-state index in [2.05, 4.69) is 164 Å². The molecule has 2 heterocycles. The highest BCUT2D eigenvalue weighted by molar-refractivity contribution is 6.11. The smallest absolute Gasteiger partial charge is 0.238 e. The fourth-order valence-electron chi connectivity index (χ4n) is 7.76.